The number of terminal acetylenes is 1. The molecule has 5 heteroatoms. The summed E-state index contributed by atoms with van der Waals surface area (Å²) in [5, 5.41) is 3.14. The standard InChI is InChI=1S/C17H26N2.C15H22N2O.C2H6.C2H2/c1-7-15(13-18-5)10-11-17(12-14(4)19-6)16(8-2)9-3;1-3-6-15(7-4-2)11-17(12-15)14-9-13(10-18)5-8-16-14;2*1-2/h7-9,11-13,19H,2,10H2,1,3-6H3;5,8-10H,3-4,6-7,11-12H2,1-2H3;1-2H3;1-2H/b14-12+,15-7-,16-9-,17-11-,18-13?;;;. The first-order chi connectivity index (χ1) is 19.8. The quantitative estimate of drug-likeness (QED) is 0.113. The number of hydrogen-bond acceptors (Lipinski definition) is 5. The van der Waals surface area contributed by atoms with Crippen LogP contribution in [0.5, 0.6) is 0 Å². The number of rotatable bonds is 13. The lowest BCUT2D eigenvalue weighted by Crippen LogP contribution is -2.56. The number of nitrogens with one attached hydrogen (secondary N) is 1. The first-order valence-electron chi connectivity index (χ1n) is 14.8. The van der Waals surface area contributed by atoms with Crippen LogP contribution in [-0.2, 0) is 0 Å². The summed E-state index contributed by atoms with van der Waals surface area (Å²) in [6.45, 7) is 20.7. The molecule has 2 rings (SSSR count). The van der Waals surface area contributed by atoms with Crippen molar-refractivity contribution < 1.29 is 4.79 Å². The fraction of sp³-hybridized carbons (Fsp3) is 0.472. The molecule has 0 aromatic carbocycles. The van der Waals surface area contributed by atoms with Crippen molar-refractivity contribution in [3.63, 3.8) is 0 Å². The highest BCUT2D eigenvalue weighted by molar-refractivity contribution is 5.78. The third-order valence-corrected chi connectivity index (χ3v) is 6.70. The second kappa shape index (κ2) is 24.2. The van der Waals surface area contributed by atoms with E-state index in [0.29, 0.717) is 11.0 Å². The lowest BCUT2D eigenvalue weighted by Gasteiger charge is -2.51. The van der Waals surface area contributed by atoms with E-state index in [1.807, 2.05) is 60.0 Å². The Morgan fingerprint density at radius 2 is 1.76 bits per heavy atom. The van der Waals surface area contributed by atoms with Gasteiger partial charge in [0.1, 0.15) is 12.1 Å². The van der Waals surface area contributed by atoms with Crippen molar-refractivity contribution in [2.45, 2.75) is 80.6 Å². The zero-order valence-corrected chi connectivity index (χ0v) is 27.3. The summed E-state index contributed by atoms with van der Waals surface area (Å²) in [5.41, 5.74) is 5.84. The first kappa shape index (κ1) is 39.5. The summed E-state index contributed by atoms with van der Waals surface area (Å²) in [5.74, 6) is 0.947. The Balaban J connectivity index is 0. The average Bonchev–Trinajstić information content (AvgIpc) is 3.00. The van der Waals surface area contributed by atoms with Gasteiger partial charge in [-0.05, 0) is 75.0 Å². The molecule has 5 nitrogen and oxygen atoms in total. The monoisotopic (exact) mass is 560 g/mol. The predicted octanol–water partition coefficient (Wildman–Crippen LogP) is 8.78. The Hall–Kier alpha value is -3.65. The van der Waals surface area contributed by atoms with Gasteiger partial charge in [0.2, 0.25) is 0 Å². The highest BCUT2D eigenvalue weighted by Crippen LogP contribution is 2.41. The molecule has 0 saturated carbocycles. The van der Waals surface area contributed by atoms with Gasteiger partial charge in [-0.1, -0.05) is 71.4 Å². The summed E-state index contributed by atoms with van der Waals surface area (Å²) in [6.07, 6.45) is 28.8. The summed E-state index contributed by atoms with van der Waals surface area (Å²) in [6, 6.07) is 3.64. The van der Waals surface area contributed by atoms with Crippen LogP contribution in [0.3, 0.4) is 0 Å². The molecule has 2 heterocycles. The van der Waals surface area contributed by atoms with Gasteiger partial charge in [-0.2, -0.15) is 0 Å². The van der Waals surface area contributed by atoms with Crippen molar-refractivity contribution in [2.24, 2.45) is 10.4 Å². The Kier molecular flexibility index (Phi) is 23.3. The van der Waals surface area contributed by atoms with Crippen LogP contribution in [0.4, 0.5) is 5.82 Å². The molecule has 0 atom stereocenters. The minimum absolute atomic E-state index is 0.488. The van der Waals surface area contributed by atoms with Gasteiger partial charge in [0.25, 0.3) is 0 Å². The Bertz CT molecular complexity index is 1040. The molecule has 1 aliphatic rings. The number of carbonyl (C=O) groups is 1. The zero-order chi connectivity index (χ0) is 31.7. The molecule has 226 valence electrons. The molecule has 1 fully saturated rings. The van der Waals surface area contributed by atoms with Crippen LogP contribution in [-0.4, -0.2) is 44.7 Å². The largest absolute Gasteiger partial charge is 0.392 e. The Morgan fingerprint density at radius 1 is 1.15 bits per heavy atom. The maximum Gasteiger partial charge on any atom is 0.150 e. The smallest absolute Gasteiger partial charge is 0.150 e. The number of carbonyl (C=O) groups excluding carboxylic acids is 1. The average molecular weight is 561 g/mol. The molecule has 1 aromatic rings. The Labute approximate surface area is 252 Å². The number of hydrogen-bond donors (Lipinski definition) is 1. The maximum atomic E-state index is 10.8. The van der Waals surface area contributed by atoms with E-state index in [2.05, 4.69) is 77.8 Å². The third kappa shape index (κ3) is 14.5. The highest BCUT2D eigenvalue weighted by atomic mass is 16.1. The van der Waals surface area contributed by atoms with Crippen molar-refractivity contribution in [2.75, 3.05) is 32.1 Å². The number of aldehydes is 1. The molecule has 1 saturated heterocycles. The molecule has 0 aliphatic carbocycles. The SMILES string of the molecule is C#C.C=CC(=C/C)/C(=C\C/C(C=NC)=C/C)/C=C(\C)NC.CC.CCCC1(CCC)CN(c2cc(C=O)ccn2)C1. The Morgan fingerprint density at radius 3 is 2.20 bits per heavy atom. The number of allylic oxidation sites excluding steroid dienone is 9. The van der Waals surface area contributed by atoms with Gasteiger partial charge in [-0.15, -0.1) is 12.8 Å². The number of nitrogens with zero attached hydrogens (tertiary/aromatic N) is 3. The van der Waals surface area contributed by atoms with Crippen LogP contribution in [0.25, 0.3) is 0 Å². The van der Waals surface area contributed by atoms with Crippen molar-refractivity contribution in [3.05, 3.63) is 83.3 Å². The van der Waals surface area contributed by atoms with Crippen LogP contribution >= 0.6 is 0 Å². The van der Waals surface area contributed by atoms with Crippen LogP contribution in [0.15, 0.2) is 82.7 Å². The molecule has 41 heavy (non-hydrogen) atoms. The molecule has 0 radical (unpaired) electrons. The molecule has 1 N–H and O–H groups in total. The molecular formula is C36H56N4O. The van der Waals surface area contributed by atoms with Gasteiger partial charge in [-0.25, -0.2) is 4.98 Å². The van der Waals surface area contributed by atoms with E-state index in [0.717, 1.165) is 42.9 Å². The predicted molar refractivity (Wildman–Crippen MR) is 183 cm³/mol. The third-order valence-electron chi connectivity index (χ3n) is 6.70. The molecule has 0 amide bonds. The highest BCUT2D eigenvalue weighted by Gasteiger charge is 2.41. The van der Waals surface area contributed by atoms with Crippen molar-refractivity contribution in [1.82, 2.24) is 10.3 Å². The van der Waals surface area contributed by atoms with Crippen LogP contribution in [0.1, 0.15) is 90.9 Å². The van der Waals surface area contributed by atoms with E-state index in [1.54, 1.807) is 19.3 Å². The van der Waals surface area contributed by atoms with E-state index in [9.17, 15) is 4.79 Å². The second-order valence-electron chi connectivity index (χ2n) is 9.56. The van der Waals surface area contributed by atoms with Gasteiger partial charge < -0.3 is 10.2 Å². The summed E-state index contributed by atoms with van der Waals surface area (Å²) >= 11 is 0. The lowest BCUT2D eigenvalue weighted by molar-refractivity contribution is 0.112. The number of anilines is 1. The van der Waals surface area contributed by atoms with Gasteiger partial charge in [0.15, 0.2) is 0 Å². The molecular weight excluding hydrogens is 504 g/mol. The normalized spacial score (nSPS) is 14.8. The van der Waals surface area contributed by atoms with Gasteiger partial charge in [0.05, 0.1) is 0 Å². The minimum Gasteiger partial charge on any atom is -0.392 e. The van der Waals surface area contributed by atoms with Crippen LogP contribution < -0.4 is 10.2 Å². The molecule has 1 aliphatic heterocycles. The van der Waals surface area contributed by atoms with Gasteiger partial charge in [-0.3, -0.25) is 9.79 Å². The first-order valence-corrected chi connectivity index (χ1v) is 14.8. The fourth-order valence-corrected chi connectivity index (χ4v) is 4.71. The van der Waals surface area contributed by atoms with Crippen molar-refractivity contribution in [1.29, 1.82) is 0 Å². The van der Waals surface area contributed by atoms with Crippen LogP contribution in [0.2, 0.25) is 0 Å². The van der Waals surface area contributed by atoms with E-state index in [4.69, 9.17) is 0 Å². The summed E-state index contributed by atoms with van der Waals surface area (Å²) in [7, 11) is 3.72. The van der Waals surface area contributed by atoms with E-state index < -0.39 is 0 Å². The summed E-state index contributed by atoms with van der Waals surface area (Å²) in [4.78, 5) is 21.5. The van der Waals surface area contributed by atoms with E-state index in [1.165, 1.54) is 36.8 Å². The fourth-order valence-electron chi connectivity index (χ4n) is 4.71. The van der Waals surface area contributed by atoms with Crippen molar-refractivity contribution in [3.8, 4) is 12.8 Å². The number of aromatic nitrogens is 1. The van der Waals surface area contributed by atoms with Gasteiger partial charge >= 0.3 is 0 Å². The zero-order valence-electron chi connectivity index (χ0n) is 27.3. The molecule has 0 unspecified atom stereocenters. The second-order valence-corrected chi connectivity index (χ2v) is 9.56. The van der Waals surface area contributed by atoms with Crippen LogP contribution in [0, 0.1) is 18.3 Å². The van der Waals surface area contributed by atoms with E-state index >= 15 is 0 Å². The molecule has 0 spiro atoms. The maximum absolute atomic E-state index is 10.8. The van der Waals surface area contributed by atoms with Gasteiger partial charge in [0, 0.05) is 56.3 Å². The minimum atomic E-state index is 0.488. The number of aliphatic imine (C=N–C) groups is 1. The van der Waals surface area contributed by atoms with Crippen molar-refractivity contribution >= 4 is 18.3 Å². The molecule has 1 aromatic heterocycles. The summed E-state index contributed by atoms with van der Waals surface area (Å²) < 4.78 is 0. The molecule has 0 bridgehead atoms. The lowest BCUT2D eigenvalue weighted by atomic mass is 9.72. The topological polar surface area (TPSA) is 57.6 Å². The number of pyridine rings is 1. The van der Waals surface area contributed by atoms with E-state index in [-0.39, 0.29) is 0 Å².